The minimum atomic E-state index is 0.281. The molecule has 3 heteroatoms. The van der Waals surface area contributed by atoms with Crippen LogP contribution in [0.25, 0.3) is 0 Å². The Kier molecular flexibility index (Phi) is 22.1. The fraction of sp³-hybridized carbons (Fsp3) is 1.00. The maximum absolute atomic E-state index is 5.65. The molecule has 1 aliphatic rings. The average molecular weight is 384 g/mol. The number of rotatable bonds is 16. The number of hydrogen-bond acceptors (Lipinski definition) is 3. The Labute approximate surface area is 171 Å². The molecule has 2 unspecified atom stereocenters. The highest BCUT2D eigenvalue weighted by atomic mass is 14.8. The van der Waals surface area contributed by atoms with Gasteiger partial charge >= 0.3 is 0 Å². The third-order valence-corrected chi connectivity index (χ3v) is 5.93. The zero-order chi connectivity index (χ0) is 20.0. The van der Waals surface area contributed by atoms with E-state index in [2.05, 4.69) is 6.92 Å². The Morgan fingerprint density at radius 3 is 1.07 bits per heavy atom. The third kappa shape index (κ3) is 20.4. The molecule has 0 aliphatic heterocycles. The maximum atomic E-state index is 5.65. The summed E-state index contributed by atoms with van der Waals surface area (Å²) in [5, 5.41) is 0. The topological polar surface area (TPSA) is 78.1 Å². The van der Waals surface area contributed by atoms with Gasteiger partial charge in [0, 0.05) is 12.1 Å². The molecular weight excluding hydrogens is 330 g/mol. The molecule has 1 rings (SSSR count). The lowest BCUT2D eigenvalue weighted by Gasteiger charge is -2.24. The highest BCUT2D eigenvalue weighted by Crippen LogP contribution is 2.14. The molecule has 0 spiro atoms. The number of unbranched alkanes of at least 4 members (excludes halogenated alkanes) is 15. The van der Waals surface area contributed by atoms with Crippen molar-refractivity contribution in [3.63, 3.8) is 0 Å². The second kappa shape index (κ2) is 22.2. The standard InChI is InChI=1S/C18H39N.C6H14N2/c1-2-3-4-5-6-7-8-9-10-11-12-13-14-15-16-17-18-19;7-5-3-1-2-4-6(5)8/h2-19H2,1H3;5-6H,1-4,7-8H2. The molecule has 3 nitrogen and oxygen atoms in total. The van der Waals surface area contributed by atoms with Gasteiger partial charge in [0.05, 0.1) is 0 Å². The van der Waals surface area contributed by atoms with Crippen LogP contribution < -0.4 is 17.2 Å². The van der Waals surface area contributed by atoms with Gasteiger partial charge in [-0.25, -0.2) is 0 Å². The summed E-state index contributed by atoms with van der Waals surface area (Å²) in [7, 11) is 0. The molecule has 164 valence electrons. The molecule has 1 aliphatic carbocycles. The van der Waals surface area contributed by atoms with Crippen molar-refractivity contribution in [2.75, 3.05) is 6.54 Å². The number of hydrogen-bond donors (Lipinski definition) is 3. The summed E-state index contributed by atoms with van der Waals surface area (Å²) in [6.07, 6.45) is 27.7. The lowest BCUT2D eigenvalue weighted by Crippen LogP contribution is -2.43. The Bertz CT molecular complexity index is 244. The molecule has 1 fully saturated rings. The molecule has 6 N–H and O–H groups in total. The first kappa shape index (κ1) is 26.9. The lowest BCUT2D eigenvalue weighted by atomic mass is 9.92. The van der Waals surface area contributed by atoms with Gasteiger partial charge in [-0.2, -0.15) is 0 Å². The Morgan fingerprint density at radius 2 is 0.815 bits per heavy atom. The zero-order valence-electron chi connectivity index (χ0n) is 18.7. The molecule has 0 bridgehead atoms. The van der Waals surface area contributed by atoms with Crippen LogP contribution in [0.3, 0.4) is 0 Å². The monoisotopic (exact) mass is 383 g/mol. The van der Waals surface area contributed by atoms with E-state index in [1.54, 1.807) is 0 Å². The van der Waals surface area contributed by atoms with Crippen LogP contribution in [0, 0.1) is 0 Å². The van der Waals surface area contributed by atoms with Gasteiger partial charge in [0.2, 0.25) is 0 Å². The summed E-state index contributed by atoms with van der Waals surface area (Å²) in [6, 6.07) is 0.562. The van der Waals surface area contributed by atoms with Crippen molar-refractivity contribution in [3.05, 3.63) is 0 Å². The van der Waals surface area contributed by atoms with E-state index < -0.39 is 0 Å². The van der Waals surface area contributed by atoms with Crippen LogP contribution in [0.1, 0.15) is 135 Å². The Balaban J connectivity index is 0.000000694. The van der Waals surface area contributed by atoms with Gasteiger partial charge in [0.15, 0.2) is 0 Å². The first-order valence-electron chi connectivity index (χ1n) is 12.4. The van der Waals surface area contributed by atoms with Gasteiger partial charge in [-0.3, -0.25) is 0 Å². The summed E-state index contributed by atoms with van der Waals surface area (Å²) in [4.78, 5) is 0. The van der Waals surface area contributed by atoms with Crippen LogP contribution in [0.5, 0.6) is 0 Å². The summed E-state index contributed by atoms with van der Waals surface area (Å²) in [6.45, 7) is 3.16. The number of nitrogens with two attached hydrogens (primary N) is 3. The SMILES string of the molecule is CCCCCCCCCCCCCCCCCCN.NC1CCCCC1N. The smallest absolute Gasteiger partial charge is 0.0192 e. The molecule has 0 aromatic carbocycles. The molecule has 0 amide bonds. The van der Waals surface area contributed by atoms with Crippen LogP contribution in [-0.4, -0.2) is 18.6 Å². The summed E-state index contributed by atoms with van der Waals surface area (Å²) in [5.74, 6) is 0. The molecule has 0 saturated heterocycles. The predicted octanol–water partition coefficient (Wildman–Crippen LogP) is 6.42. The first-order chi connectivity index (χ1) is 13.2. The second-order valence-corrected chi connectivity index (χ2v) is 8.70. The third-order valence-electron chi connectivity index (χ3n) is 5.93. The van der Waals surface area contributed by atoms with Gasteiger partial charge < -0.3 is 17.2 Å². The van der Waals surface area contributed by atoms with E-state index in [-0.39, 0.29) is 12.1 Å². The van der Waals surface area contributed by atoms with E-state index in [9.17, 15) is 0 Å². The van der Waals surface area contributed by atoms with E-state index in [1.807, 2.05) is 0 Å². The summed E-state index contributed by atoms with van der Waals surface area (Å²) >= 11 is 0. The van der Waals surface area contributed by atoms with Crippen molar-refractivity contribution in [1.82, 2.24) is 0 Å². The second-order valence-electron chi connectivity index (χ2n) is 8.70. The molecular formula is C24H53N3. The van der Waals surface area contributed by atoms with Gasteiger partial charge in [-0.05, 0) is 25.8 Å². The molecule has 0 heterocycles. The van der Waals surface area contributed by atoms with E-state index in [0.717, 1.165) is 19.4 Å². The van der Waals surface area contributed by atoms with Gasteiger partial charge in [0.25, 0.3) is 0 Å². The Morgan fingerprint density at radius 1 is 0.519 bits per heavy atom. The largest absolute Gasteiger partial charge is 0.330 e. The summed E-state index contributed by atoms with van der Waals surface area (Å²) in [5.41, 5.74) is 16.8. The minimum absolute atomic E-state index is 0.281. The molecule has 0 aromatic heterocycles. The molecule has 2 atom stereocenters. The lowest BCUT2D eigenvalue weighted by molar-refractivity contribution is 0.385. The maximum Gasteiger partial charge on any atom is 0.0192 e. The highest BCUT2D eigenvalue weighted by Gasteiger charge is 2.16. The molecule has 0 aromatic rings. The predicted molar refractivity (Wildman–Crippen MR) is 123 cm³/mol. The highest BCUT2D eigenvalue weighted by molar-refractivity contribution is 4.79. The molecule has 1 saturated carbocycles. The van der Waals surface area contributed by atoms with E-state index in [1.165, 1.54) is 116 Å². The van der Waals surface area contributed by atoms with Crippen LogP contribution in [0.2, 0.25) is 0 Å². The fourth-order valence-corrected chi connectivity index (χ4v) is 3.88. The van der Waals surface area contributed by atoms with Crippen LogP contribution in [-0.2, 0) is 0 Å². The quantitative estimate of drug-likeness (QED) is 0.269. The van der Waals surface area contributed by atoms with Gasteiger partial charge in [-0.1, -0.05) is 116 Å². The zero-order valence-corrected chi connectivity index (χ0v) is 18.7. The van der Waals surface area contributed by atoms with Crippen LogP contribution in [0.4, 0.5) is 0 Å². The van der Waals surface area contributed by atoms with Gasteiger partial charge in [-0.15, -0.1) is 0 Å². The minimum Gasteiger partial charge on any atom is -0.330 e. The van der Waals surface area contributed by atoms with Crippen molar-refractivity contribution in [1.29, 1.82) is 0 Å². The van der Waals surface area contributed by atoms with Crippen molar-refractivity contribution >= 4 is 0 Å². The summed E-state index contributed by atoms with van der Waals surface area (Å²) < 4.78 is 0. The fourth-order valence-electron chi connectivity index (χ4n) is 3.88. The van der Waals surface area contributed by atoms with E-state index in [4.69, 9.17) is 17.2 Å². The Hall–Kier alpha value is -0.120. The van der Waals surface area contributed by atoms with E-state index in [0.29, 0.717) is 0 Å². The molecule has 27 heavy (non-hydrogen) atoms. The van der Waals surface area contributed by atoms with Crippen molar-refractivity contribution < 1.29 is 0 Å². The van der Waals surface area contributed by atoms with Gasteiger partial charge in [0.1, 0.15) is 0 Å². The average Bonchev–Trinajstić information content (AvgIpc) is 2.68. The van der Waals surface area contributed by atoms with Crippen LogP contribution in [0.15, 0.2) is 0 Å². The van der Waals surface area contributed by atoms with E-state index >= 15 is 0 Å². The van der Waals surface area contributed by atoms with Crippen molar-refractivity contribution in [2.24, 2.45) is 17.2 Å². The van der Waals surface area contributed by atoms with Crippen LogP contribution >= 0.6 is 0 Å². The van der Waals surface area contributed by atoms with Crippen molar-refractivity contribution in [3.8, 4) is 0 Å². The van der Waals surface area contributed by atoms with Crippen molar-refractivity contribution in [2.45, 2.75) is 147 Å². The normalized spacial score (nSPS) is 19.6. The first-order valence-corrected chi connectivity index (χ1v) is 12.4. The molecule has 0 radical (unpaired) electrons.